The number of ether oxygens (including phenoxy) is 1. The topological polar surface area (TPSA) is 192 Å². The maximum Gasteiger partial charge on any atom is 0.469 e. The molecule has 0 radical (unpaired) electrons. The summed E-state index contributed by atoms with van der Waals surface area (Å²) in [6, 6.07) is 5.23. The predicted octanol–water partition coefficient (Wildman–Crippen LogP) is 0.635. The molecule has 0 saturated carbocycles. The summed E-state index contributed by atoms with van der Waals surface area (Å²) in [4.78, 5) is 30.3. The number of aromatic nitrogens is 4. The quantitative estimate of drug-likeness (QED) is 0.233. The van der Waals surface area contributed by atoms with Crippen LogP contribution < -0.4 is 5.32 Å². The summed E-state index contributed by atoms with van der Waals surface area (Å²) in [5.74, 6) is 0.457. The van der Waals surface area contributed by atoms with Crippen LogP contribution in [0, 0.1) is 0 Å². The Labute approximate surface area is 189 Å². The van der Waals surface area contributed by atoms with E-state index >= 15 is 0 Å². The number of benzene rings is 1. The number of hydrogen-bond acceptors (Lipinski definition) is 10. The van der Waals surface area contributed by atoms with Gasteiger partial charge in [-0.1, -0.05) is 12.1 Å². The first-order valence-corrected chi connectivity index (χ1v) is 11.6. The molecule has 4 atom stereocenters. The molecular weight excluding hydrogens is 513 g/mol. The zero-order chi connectivity index (χ0) is 23.0. The number of rotatable bonds is 7. The van der Waals surface area contributed by atoms with Crippen molar-refractivity contribution < 1.29 is 38.9 Å². The van der Waals surface area contributed by atoms with Crippen molar-refractivity contribution in [1.82, 2.24) is 19.5 Å². The lowest BCUT2D eigenvalue weighted by Crippen LogP contribution is -2.33. The third-order valence-corrected chi connectivity index (χ3v) is 6.02. The van der Waals surface area contributed by atoms with Crippen LogP contribution >= 0.6 is 23.8 Å². The van der Waals surface area contributed by atoms with Crippen molar-refractivity contribution in [3.63, 3.8) is 0 Å². The van der Waals surface area contributed by atoms with Gasteiger partial charge in [0.15, 0.2) is 23.2 Å². The maximum atomic E-state index is 10.9. The normalized spacial score (nSPS) is 23.7. The Morgan fingerprint density at radius 1 is 1.22 bits per heavy atom. The van der Waals surface area contributed by atoms with Crippen LogP contribution in [0.1, 0.15) is 11.8 Å². The lowest BCUT2D eigenvalue weighted by Gasteiger charge is -2.16. The number of phosphoric acid groups is 1. The largest absolute Gasteiger partial charge is 0.506 e. The number of phenolic OH excluding ortho intramolecular Hbond substituents is 1. The fourth-order valence-electron chi connectivity index (χ4n) is 3.32. The van der Waals surface area contributed by atoms with Crippen molar-refractivity contribution in [2.45, 2.75) is 31.1 Å². The summed E-state index contributed by atoms with van der Waals surface area (Å²) in [6.07, 6.45) is -2.58. The number of nitrogens with zero attached hydrogens (tertiary/aromatic N) is 4. The predicted molar refractivity (Wildman–Crippen MR) is 112 cm³/mol. The number of nitrogens with one attached hydrogen (secondary N) is 1. The smallest absolute Gasteiger partial charge is 0.469 e. The van der Waals surface area contributed by atoms with Crippen LogP contribution in [-0.4, -0.2) is 69.5 Å². The summed E-state index contributed by atoms with van der Waals surface area (Å²) in [5, 5.41) is 33.8. The lowest BCUT2D eigenvalue weighted by molar-refractivity contribution is -0.0504. The van der Waals surface area contributed by atoms with E-state index in [4.69, 9.17) is 14.5 Å². The van der Waals surface area contributed by atoms with Gasteiger partial charge in [0.05, 0.1) is 17.4 Å². The second-order valence-corrected chi connectivity index (χ2v) is 9.07. The average molecular weight is 532 g/mol. The van der Waals surface area contributed by atoms with E-state index in [2.05, 4.69) is 40.7 Å². The van der Waals surface area contributed by atoms with Gasteiger partial charge in [0, 0.05) is 12.1 Å². The number of aliphatic hydroxyl groups is 2. The fourth-order valence-corrected chi connectivity index (χ4v) is 4.06. The minimum absolute atomic E-state index is 0.0934. The highest BCUT2D eigenvalue weighted by atomic mass is 79.9. The van der Waals surface area contributed by atoms with E-state index < -0.39 is 39.0 Å². The molecule has 3 heterocycles. The molecule has 32 heavy (non-hydrogen) atoms. The van der Waals surface area contributed by atoms with Gasteiger partial charge >= 0.3 is 7.82 Å². The molecule has 0 aliphatic carbocycles. The van der Waals surface area contributed by atoms with E-state index in [0.29, 0.717) is 21.4 Å². The number of para-hydroxylation sites is 1. The van der Waals surface area contributed by atoms with Gasteiger partial charge in [0.1, 0.15) is 30.4 Å². The van der Waals surface area contributed by atoms with Gasteiger partial charge in [0.2, 0.25) is 0 Å². The molecule has 1 aliphatic heterocycles. The maximum absolute atomic E-state index is 10.9. The van der Waals surface area contributed by atoms with Crippen LogP contribution in [0.4, 0.5) is 5.82 Å². The van der Waals surface area contributed by atoms with Crippen LogP contribution in [0.15, 0.2) is 35.3 Å². The zero-order valence-electron chi connectivity index (χ0n) is 16.2. The number of halogens is 1. The first-order chi connectivity index (χ1) is 15.2. The van der Waals surface area contributed by atoms with Gasteiger partial charge < -0.3 is 35.2 Å². The Morgan fingerprint density at radius 3 is 2.75 bits per heavy atom. The van der Waals surface area contributed by atoms with Gasteiger partial charge in [-0.05, 0) is 22.0 Å². The van der Waals surface area contributed by atoms with E-state index in [9.17, 15) is 19.9 Å². The molecule has 2 aromatic heterocycles. The molecule has 6 N–H and O–H groups in total. The summed E-state index contributed by atoms with van der Waals surface area (Å²) in [6.45, 7) is -0.378. The van der Waals surface area contributed by atoms with Gasteiger partial charge in [-0.3, -0.25) is 9.09 Å². The molecular formula is C17H19BrN5O8P. The number of aromatic hydroxyl groups is 1. The van der Waals surface area contributed by atoms with Crippen LogP contribution in [0.3, 0.4) is 0 Å². The third-order valence-electron chi connectivity index (χ3n) is 4.89. The summed E-state index contributed by atoms with van der Waals surface area (Å²) in [7, 11) is -4.77. The van der Waals surface area contributed by atoms with Gasteiger partial charge in [-0.25, -0.2) is 19.5 Å². The van der Waals surface area contributed by atoms with E-state index in [1.54, 1.807) is 18.2 Å². The highest BCUT2D eigenvalue weighted by Gasteiger charge is 2.45. The monoisotopic (exact) mass is 531 g/mol. The number of aliphatic hydroxyl groups excluding tert-OH is 2. The zero-order valence-corrected chi connectivity index (χ0v) is 18.7. The van der Waals surface area contributed by atoms with Crippen molar-refractivity contribution in [2.24, 2.45) is 0 Å². The van der Waals surface area contributed by atoms with Crippen molar-refractivity contribution >= 4 is 40.7 Å². The Balaban J connectivity index is 1.55. The average Bonchev–Trinajstić information content (AvgIpc) is 3.29. The highest BCUT2D eigenvalue weighted by molar-refractivity contribution is 9.10. The minimum atomic E-state index is -4.77. The molecule has 172 valence electrons. The van der Waals surface area contributed by atoms with E-state index in [1.165, 1.54) is 17.2 Å². The van der Waals surface area contributed by atoms with Crippen LogP contribution in [-0.2, 0) is 20.4 Å². The third kappa shape index (κ3) is 4.63. The first-order valence-electron chi connectivity index (χ1n) is 9.25. The number of anilines is 1. The SMILES string of the molecule is O=P(O)(O)OC[C@H]1O[C@@H](n2cnc3c(NCc4cccc(Br)c4O)ncnc32)[C@H](O)[C@@H]1O. The molecule has 0 bridgehead atoms. The molecule has 1 aromatic carbocycles. The number of imidazole rings is 1. The molecule has 13 nitrogen and oxygen atoms in total. The van der Waals surface area contributed by atoms with Crippen LogP contribution in [0.25, 0.3) is 11.2 Å². The molecule has 1 saturated heterocycles. The van der Waals surface area contributed by atoms with Crippen molar-refractivity contribution in [2.75, 3.05) is 11.9 Å². The van der Waals surface area contributed by atoms with Crippen molar-refractivity contribution in [3.05, 3.63) is 40.9 Å². The number of phenols is 1. The van der Waals surface area contributed by atoms with Crippen molar-refractivity contribution in [1.29, 1.82) is 0 Å². The van der Waals surface area contributed by atoms with Gasteiger partial charge in [-0.2, -0.15) is 0 Å². The molecule has 0 spiro atoms. The fraction of sp³-hybridized carbons (Fsp3) is 0.353. The Morgan fingerprint density at radius 2 is 2.00 bits per heavy atom. The van der Waals surface area contributed by atoms with Crippen LogP contribution in [0.5, 0.6) is 5.75 Å². The van der Waals surface area contributed by atoms with Crippen molar-refractivity contribution in [3.8, 4) is 5.75 Å². The number of hydrogen-bond donors (Lipinski definition) is 6. The number of phosphoric ester groups is 1. The second-order valence-electron chi connectivity index (χ2n) is 6.98. The molecule has 1 aliphatic rings. The minimum Gasteiger partial charge on any atom is -0.506 e. The highest BCUT2D eigenvalue weighted by Crippen LogP contribution is 2.39. The lowest BCUT2D eigenvalue weighted by atomic mass is 10.1. The second kappa shape index (κ2) is 9.00. The molecule has 15 heteroatoms. The molecule has 3 aromatic rings. The molecule has 0 amide bonds. The standard InChI is InChI=1S/C17H19BrN5O8P/c18-9-3-1-2-8(12(9)24)4-19-15-11-16(21-6-20-15)23(7-22-11)17-14(26)13(25)10(31-17)5-30-32(27,28)29/h1-3,6-7,10,13-14,17,24-26H,4-5H2,(H,19,20,21)(H2,27,28,29)/t10-,13-,14-,17-/m1/s1. The molecule has 4 rings (SSSR count). The first kappa shape index (κ1) is 23.0. The van der Waals surface area contributed by atoms with E-state index in [-0.39, 0.29) is 17.9 Å². The van der Waals surface area contributed by atoms with Gasteiger partial charge in [0.25, 0.3) is 0 Å². The molecule has 0 unspecified atom stereocenters. The van der Waals surface area contributed by atoms with E-state index in [0.717, 1.165) is 0 Å². The van der Waals surface area contributed by atoms with Crippen LogP contribution in [0.2, 0.25) is 0 Å². The Hall–Kier alpha value is -2.16. The molecule has 1 fully saturated rings. The number of fused-ring (bicyclic) bond motifs is 1. The van der Waals surface area contributed by atoms with Gasteiger partial charge in [-0.15, -0.1) is 0 Å². The Bertz CT molecular complexity index is 1170. The summed E-state index contributed by atoms with van der Waals surface area (Å²) < 4.78 is 22.8. The Kier molecular flexibility index (Phi) is 6.47. The summed E-state index contributed by atoms with van der Waals surface area (Å²) in [5.41, 5.74) is 1.26. The summed E-state index contributed by atoms with van der Waals surface area (Å²) >= 11 is 3.26. The van der Waals surface area contributed by atoms with E-state index in [1.807, 2.05) is 0 Å².